The molecule has 3 N–H and O–H groups in total. The molecule has 0 unspecified atom stereocenters. The van der Waals surface area contributed by atoms with Gasteiger partial charge in [0, 0.05) is 5.69 Å². The molecule has 2 rings (SSSR count). The molecule has 0 bridgehead atoms. The van der Waals surface area contributed by atoms with Gasteiger partial charge in [0.25, 0.3) is 5.91 Å². The molecular formula is C13H12N2O6S. The van der Waals surface area contributed by atoms with Gasteiger partial charge in [0.1, 0.15) is 0 Å². The first-order valence-corrected chi connectivity index (χ1v) is 7.54. The first kappa shape index (κ1) is 15.7. The first-order chi connectivity index (χ1) is 10.4. The molecule has 1 amide bonds. The van der Waals surface area contributed by atoms with E-state index in [2.05, 4.69) is 5.32 Å². The Bertz CT molecular complexity index is 765. The number of ether oxygens (including phenoxy) is 1. The number of esters is 1. The molecule has 0 radical (unpaired) electrons. The molecule has 1 aromatic heterocycles. The summed E-state index contributed by atoms with van der Waals surface area (Å²) in [7, 11) is -3.79. The summed E-state index contributed by atoms with van der Waals surface area (Å²) in [5.74, 6) is -1.35. The lowest BCUT2D eigenvalue weighted by Gasteiger charge is -2.06. The second-order valence-electron chi connectivity index (χ2n) is 4.17. The molecule has 2 aromatic rings. The zero-order valence-electron chi connectivity index (χ0n) is 11.2. The van der Waals surface area contributed by atoms with E-state index in [9.17, 15) is 18.0 Å². The summed E-state index contributed by atoms with van der Waals surface area (Å²) >= 11 is 0. The maximum atomic E-state index is 11.6. The highest BCUT2D eigenvalue weighted by Crippen LogP contribution is 2.12. The largest absolute Gasteiger partial charge is 0.457 e. The fourth-order valence-corrected chi connectivity index (χ4v) is 2.04. The maximum absolute atomic E-state index is 11.6. The monoisotopic (exact) mass is 324 g/mol. The number of rotatable bonds is 5. The second-order valence-corrected chi connectivity index (χ2v) is 5.73. The van der Waals surface area contributed by atoms with Crippen LogP contribution in [0.3, 0.4) is 0 Å². The van der Waals surface area contributed by atoms with Crippen molar-refractivity contribution in [1.29, 1.82) is 0 Å². The standard InChI is InChI=1S/C13H12N2O6S/c14-22(18,19)10-5-3-9(4-6-10)15-12(16)8-21-13(17)11-2-1-7-20-11/h1-7H,8H2,(H,15,16)(H2,14,18,19). The second kappa shape index (κ2) is 6.41. The average molecular weight is 324 g/mol. The van der Waals surface area contributed by atoms with E-state index < -0.39 is 28.5 Å². The molecule has 0 atom stereocenters. The Balaban J connectivity index is 1.88. The molecule has 0 fully saturated rings. The van der Waals surface area contributed by atoms with E-state index in [0.29, 0.717) is 5.69 Å². The van der Waals surface area contributed by atoms with Crippen molar-refractivity contribution in [2.45, 2.75) is 4.90 Å². The van der Waals surface area contributed by atoms with E-state index in [-0.39, 0.29) is 10.7 Å². The van der Waals surface area contributed by atoms with E-state index in [1.54, 1.807) is 0 Å². The minimum absolute atomic E-state index is 0.00898. The molecule has 0 aliphatic rings. The van der Waals surface area contributed by atoms with E-state index in [1.165, 1.54) is 42.7 Å². The number of anilines is 1. The fraction of sp³-hybridized carbons (Fsp3) is 0.0769. The molecule has 0 saturated heterocycles. The highest BCUT2D eigenvalue weighted by molar-refractivity contribution is 7.89. The summed E-state index contributed by atoms with van der Waals surface area (Å²) in [4.78, 5) is 23.0. The Morgan fingerprint density at radius 3 is 2.41 bits per heavy atom. The Morgan fingerprint density at radius 1 is 1.18 bits per heavy atom. The van der Waals surface area contributed by atoms with Crippen LogP contribution in [0.5, 0.6) is 0 Å². The number of nitrogens with one attached hydrogen (secondary N) is 1. The molecule has 1 aromatic carbocycles. The van der Waals surface area contributed by atoms with E-state index in [0.717, 1.165) is 0 Å². The van der Waals surface area contributed by atoms with Crippen LogP contribution in [0.25, 0.3) is 0 Å². The molecule has 9 heteroatoms. The molecule has 22 heavy (non-hydrogen) atoms. The number of furan rings is 1. The zero-order valence-corrected chi connectivity index (χ0v) is 12.0. The summed E-state index contributed by atoms with van der Waals surface area (Å²) in [6.07, 6.45) is 1.31. The number of nitrogens with two attached hydrogens (primary N) is 1. The topological polar surface area (TPSA) is 129 Å². The van der Waals surface area contributed by atoms with Crippen molar-refractivity contribution in [3.05, 3.63) is 48.4 Å². The quantitative estimate of drug-likeness (QED) is 0.780. The summed E-state index contributed by atoms with van der Waals surface area (Å²) in [6, 6.07) is 8.16. The van der Waals surface area contributed by atoms with Crippen molar-refractivity contribution in [3.63, 3.8) is 0 Å². The zero-order chi connectivity index (χ0) is 16.2. The lowest BCUT2D eigenvalue weighted by atomic mass is 10.3. The lowest BCUT2D eigenvalue weighted by Crippen LogP contribution is -2.20. The van der Waals surface area contributed by atoms with Gasteiger partial charge in [-0.15, -0.1) is 0 Å². The van der Waals surface area contributed by atoms with Crippen molar-refractivity contribution >= 4 is 27.6 Å². The van der Waals surface area contributed by atoms with Crippen LogP contribution in [0.15, 0.2) is 52.0 Å². The van der Waals surface area contributed by atoms with E-state index in [4.69, 9.17) is 14.3 Å². The normalized spacial score (nSPS) is 11.0. The average Bonchev–Trinajstić information content (AvgIpc) is 2.98. The summed E-state index contributed by atoms with van der Waals surface area (Å²) < 4.78 is 31.7. The minimum Gasteiger partial charge on any atom is -0.457 e. The van der Waals surface area contributed by atoms with Gasteiger partial charge in [0.15, 0.2) is 6.61 Å². The van der Waals surface area contributed by atoms with Crippen LogP contribution in [-0.2, 0) is 19.6 Å². The number of hydrogen-bond donors (Lipinski definition) is 2. The van der Waals surface area contributed by atoms with Crippen LogP contribution in [0.2, 0.25) is 0 Å². The third-order valence-electron chi connectivity index (χ3n) is 2.52. The Kier molecular flexibility index (Phi) is 4.59. The molecule has 116 valence electrons. The van der Waals surface area contributed by atoms with Crippen LogP contribution in [0, 0.1) is 0 Å². The summed E-state index contributed by atoms with van der Waals surface area (Å²) in [5, 5.41) is 7.39. The van der Waals surface area contributed by atoms with Crippen LogP contribution in [0.4, 0.5) is 5.69 Å². The molecule has 0 spiro atoms. The van der Waals surface area contributed by atoms with Crippen LogP contribution in [0.1, 0.15) is 10.6 Å². The van der Waals surface area contributed by atoms with Gasteiger partial charge in [0.05, 0.1) is 11.2 Å². The van der Waals surface area contributed by atoms with Gasteiger partial charge in [0.2, 0.25) is 15.8 Å². The van der Waals surface area contributed by atoms with E-state index >= 15 is 0 Å². The van der Waals surface area contributed by atoms with Gasteiger partial charge >= 0.3 is 5.97 Å². The number of primary sulfonamides is 1. The van der Waals surface area contributed by atoms with Crippen molar-refractivity contribution in [2.24, 2.45) is 5.14 Å². The van der Waals surface area contributed by atoms with Gasteiger partial charge in [-0.05, 0) is 36.4 Å². The SMILES string of the molecule is NS(=O)(=O)c1ccc(NC(=O)COC(=O)c2ccco2)cc1. The smallest absolute Gasteiger partial charge is 0.374 e. The lowest BCUT2D eigenvalue weighted by molar-refractivity contribution is -0.119. The molecule has 1 heterocycles. The van der Waals surface area contributed by atoms with Gasteiger partial charge in [-0.3, -0.25) is 4.79 Å². The van der Waals surface area contributed by atoms with Crippen molar-refractivity contribution < 1.29 is 27.2 Å². The minimum atomic E-state index is -3.79. The number of carbonyl (C=O) groups excluding carboxylic acids is 2. The van der Waals surface area contributed by atoms with Crippen LogP contribution < -0.4 is 10.5 Å². The van der Waals surface area contributed by atoms with Crippen molar-refractivity contribution in [1.82, 2.24) is 0 Å². The fourth-order valence-electron chi connectivity index (χ4n) is 1.52. The number of carbonyl (C=O) groups is 2. The van der Waals surface area contributed by atoms with Gasteiger partial charge in [-0.1, -0.05) is 0 Å². The Labute approximate surface area is 125 Å². The maximum Gasteiger partial charge on any atom is 0.374 e. The number of amides is 1. The molecule has 0 saturated carbocycles. The van der Waals surface area contributed by atoms with Crippen LogP contribution >= 0.6 is 0 Å². The van der Waals surface area contributed by atoms with Gasteiger partial charge < -0.3 is 14.5 Å². The number of hydrogen-bond acceptors (Lipinski definition) is 6. The summed E-state index contributed by atoms with van der Waals surface area (Å²) in [6.45, 7) is -0.503. The van der Waals surface area contributed by atoms with Gasteiger partial charge in [-0.2, -0.15) is 0 Å². The molecule has 8 nitrogen and oxygen atoms in total. The van der Waals surface area contributed by atoms with Crippen molar-refractivity contribution in [3.8, 4) is 0 Å². The summed E-state index contributed by atoms with van der Waals surface area (Å²) in [5.41, 5.74) is 0.339. The Hall–Kier alpha value is -2.65. The third-order valence-corrected chi connectivity index (χ3v) is 3.45. The highest BCUT2D eigenvalue weighted by atomic mass is 32.2. The number of benzene rings is 1. The third kappa shape index (κ3) is 4.17. The molecule has 0 aliphatic heterocycles. The Morgan fingerprint density at radius 2 is 1.86 bits per heavy atom. The predicted octanol–water partition coefficient (Wildman–Crippen LogP) is 0.722. The predicted molar refractivity (Wildman–Crippen MR) is 75.4 cm³/mol. The number of sulfonamides is 1. The van der Waals surface area contributed by atoms with Crippen molar-refractivity contribution in [2.75, 3.05) is 11.9 Å². The van der Waals surface area contributed by atoms with E-state index in [1.807, 2.05) is 0 Å². The van der Waals surface area contributed by atoms with Gasteiger partial charge in [-0.25, -0.2) is 18.4 Å². The molecular weight excluding hydrogens is 312 g/mol. The van der Waals surface area contributed by atoms with Crippen LogP contribution in [-0.4, -0.2) is 26.9 Å². The highest BCUT2D eigenvalue weighted by Gasteiger charge is 2.13. The first-order valence-electron chi connectivity index (χ1n) is 5.99. The molecule has 0 aliphatic carbocycles.